The van der Waals surface area contributed by atoms with Crippen molar-refractivity contribution >= 4 is 6.09 Å². The van der Waals surface area contributed by atoms with Gasteiger partial charge in [0.05, 0.1) is 6.61 Å². The van der Waals surface area contributed by atoms with Gasteiger partial charge in [-0.1, -0.05) is 0 Å². The number of alkyl carbamates (subject to hydrolysis) is 1. The summed E-state index contributed by atoms with van der Waals surface area (Å²) in [5.74, 6) is 0. The van der Waals surface area contributed by atoms with Crippen molar-refractivity contribution in [2.24, 2.45) is 0 Å². The Kier molecular flexibility index (Phi) is 7.99. The van der Waals surface area contributed by atoms with E-state index in [0.29, 0.717) is 25.2 Å². The molecule has 0 radical (unpaired) electrons. The molecule has 0 bridgehead atoms. The molecule has 0 aliphatic carbocycles. The molecule has 4 heteroatoms. The molecule has 1 N–H and O–H groups in total. The third kappa shape index (κ3) is 6.67. The fourth-order valence-corrected chi connectivity index (χ4v) is 1.75. The first-order chi connectivity index (χ1) is 7.49. The number of hydrogen-bond donors (Lipinski definition) is 1. The smallest absolute Gasteiger partial charge is 0.407 e. The maximum Gasteiger partial charge on any atom is 0.407 e. The van der Waals surface area contributed by atoms with Gasteiger partial charge in [-0.3, -0.25) is 4.90 Å². The Morgan fingerprint density at radius 1 is 1.25 bits per heavy atom. The Labute approximate surface area is 99.3 Å². The molecule has 0 heterocycles. The van der Waals surface area contributed by atoms with Crippen molar-refractivity contribution in [2.45, 2.75) is 53.1 Å². The highest BCUT2D eigenvalue weighted by atomic mass is 16.5. The number of amides is 1. The van der Waals surface area contributed by atoms with Gasteiger partial charge < -0.3 is 10.1 Å². The highest BCUT2D eigenvalue weighted by Gasteiger charge is 2.12. The summed E-state index contributed by atoms with van der Waals surface area (Å²) >= 11 is 0. The zero-order valence-electron chi connectivity index (χ0n) is 11.2. The van der Waals surface area contributed by atoms with Gasteiger partial charge in [0.15, 0.2) is 0 Å². The van der Waals surface area contributed by atoms with Crippen LogP contribution < -0.4 is 5.32 Å². The van der Waals surface area contributed by atoms with Crippen LogP contribution in [0.5, 0.6) is 0 Å². The Balaban J connectivity index is 3.67. The molecule has 0 aliphatic rings. The van der Waals surface area contributed by atoms with Crippen LogP contribution >= 0.6 is 0 Å². The molecule has 0 aromatic heterocycles. The lowest BCUT2D eigenvalue weighted by Gasteiger charge is -2.30. The molecule has 0 spiro atoms. The lowest BCUT2D eigenvalue weighted by molar-refractivity contribution is 0.148. The molecule has 0 saturated heterocycles. The molecule has 0 aromatic carbocycles. The number of rotatable bonds is 7. The van der Waals surface area contributed by atoms with Crippen molar-refractivity contribution in [3.05, 3.63) is 0 Å². The molecular weight excluding hydrogens is 204 g/mol. The van der Waals surface area contributed by atoms with E-state index in [1.165, 1.54) is 0 Å². The number of nitrogens with one attached hydrogen (secondary N) is 1. The number of hydrogen-bond acceptors (Lipinski definition) is 3. The van der Waals surface area contributed by atoms with E-state index in [0.717, 1.165) is 13.0 Å². The van der Waals surface area contributed by atoms with E-state index in [9.17, 15) is 4.79 Å². The molecule has 0 aromatic rings. The van der Waals surface area contributed by atoms with Crippen LogP contribution in [0.3, 0.4) is 0 Å². The van der Waals surface area contributed by atoms with Crippen LogP contribution in [0.1, 0.15) is 41.0 Å². The van der Waals surface area contributed by atoms with Crippen LogP contribution in [0.25, 0.3) is 0 Å². The maximum atomic E-state index is 11.0. The van der Waals surface area contributed by atoms with Crippen molar-refractivity contribution in [3.8, 4) is 0 Å². The fraction of sp³-hybridized carbons (Fsp3) is 0.917. The molecular formula is C12H26N2O2. The quantitative estimate of drug-likeness (QED) is 0.682. The molecule has 1 amide bonds. The average Bonchev–Trinajstić information content (AvgIpc) is 2.16. The molecule has 0 rings (SSSR count). The molecule has 96 valence electrons. The van der Waals surface area contributed by atoms with Crippen LogP contribution in [-0.2, 0) is 4.74 Å². The predicted octanol–water partition coefficient (Wildman–Crippen LogP) is 2.24. The molecule has 0 unspecified atom stereocenters. The summed E-state index contributed by atoms with van der Waals surface area (Å²) in [5.41, 5.74) is 0. The first-order valence-corrected chi connectivity index (χ1v) is 6.15. The van der Waals surface area contributed by atoms with E-state index in [1.807, 2.05) is 0 Å². The van der Waals surface area contributed by atoms with Crippen molar-refractivity contribution in [1.82, 2.24) is 10.2 Å². The van der Waals surface area contributed by atoms with Gasteiger partial charge in [-0.25, -0.2) is 4.79 Å². The van der Waals surface area contributed by atoms with E-state index in [2.05, 4.69) is 37.9 Å². The van der Waals surface area contributed by atoms with Crippen molar-refractivity contribution < 1.29 is 9.53 Å². The number of nitrogens with zero attached hydrogens (tertiary/aromatic N) is 1. The SMILES string of the molecule is CCOC(=O)NCCCN(C(C)C)C(C)C. The standard InChI is InChI=1S/C12H26N2O2/c1-6-16-12(15)13-8-7-9-14(10(2)3)11(4)5/h10-11H,6-9H2,1-5H3,(H,13,15). The number of carbonyl (C=O) groups is 1. The lowest BCUT2D eigenvalue weighted by Crippen LogP contribution is -2.39. The van der Waals surface area contributed by atoms with Crippen molar-refractivity contribution in [1.29, 1.82) is 0 Å². The Morgan fingerprint density at radius 3 is 2.25 bits per heavy atom. The molecule has 0 aliphatic heterocycles. The van der Waals surface area contributed by atoms with Crippen LogP contribution in [0.2, 0.25) is 0 Å². The largest absolute Gasteiger partial charge is 0.450 e. The minimum absolute atomic E-state index is 0.317. The summed E-state index contributed by atoms with van der Waals surface area (Å²) in [7, 11) is 0. The average molecular weight is 230 g/mol. The predicted molar refractivity (Wildman–Crippen MR) is 66.6 cm³/mol. The minimum atomic E-state index is -0.317. The first-order valence-electron chi connectivity index (χ1n) is 6.15. The van der Waals surface area contributed by atoms with Gasteiger partial charge in [0.2, 0.25) is 0 Å². The zero-order chi connectivity index (χ0) is 12.6. The van der Waals surface area contributed by atoms with Gasteiger partial charge in [-0.15, -0.1) is 0 Å². The van der Waals surface area contributed by atoms with E-state index >= 15 is 0 Å². The summed E-state index contributed by atoms with van der Waals surface area (Å²) in [6.07, 6.45) is 0.637. The van der Waals surface area contributed by atoms with Crippen molar-refractivity contribution in [2.75, 3.05) is 19.7 Å². The third-order valence-corrected chi connectivity index (χ3v) is 2.46. The van der Waals surface area contributed by atoms with Gasteiger partial charge in [-0.05, 0) is 41.0 Å². The number of ether oxygens (including phenoxy) is 1. The van der Waals surface area contributed by atoms with Gasteiger partial charge in [0.1, 0.15) is 0 Å². The Hall–Kier alpha value is -0.770. The summed E-state index contributed by atoms with van der Waals surface area (Å²) < 4.78 is 4.78. The van der Waals surface area contributed by atoms with Crippen LogP contribution in [-0.4, -0.2) is 42.8 Å². The summed E-state index contributed by atoms with van der Waals surface area (Å²) in [5, 5.41) is 2.73. The third-order valence-electron chi connectivity index (χ3n) is 2.46. The maximum absolute atomic E-state index is 11.0. The highest BCUT2D eigenvalue weighted by molar-refractivity contribution is 5.66. The Bertz CT molecular complexity index is 185. The molecule has 4 nitrogen and oxygen atoms in total. The number of carbonyl (C=O) groups excluding carboxylic acids is 1. The van der Waals surface area contributed by atoms with Crippen LogP contribution in [0.4, 0.5) is 4.79 Å². The summed E-state index contributed by atoms with van der Waals surface area (Å²) in [6.45, 7) is 12.7. The zero-order valence-corrected chi connectivity index (χ0v) is 11.2. The monoisotopic (exact) mass is 230 g/mol. The molecule has 0 atom stereocenters. The van der Waals surface area contributed by atoms with Crippen LogP contribution in [0.15, 0.2) is 0 Å². The second-order valence-corrected chi connectivity index (χ2v) is 4.43. The molecule has 16 heavy (non-hydrogen) atoms. The van der Waals surface area contributed by atoms with Gasteiger partial charge in [-0.2, -0.15) is 0 Å². The van der Waals surface area contributed by atoms with Gasteiger partial charge >= 0.3 is 6.09 Å². The first kappa shape index (κ1) is 15.2. The van der Waals surface area contributed by atoms with Gasteiger partial charge in [0.25, 0.3) is 0 Å². The fourth-order valence-electron chi connectivity index (χ4n) is 1.75. The van der Waals surface area contributed by atoms with E-state index in [1.54, 1.807) is 6.92 Å². The summed E-state index contributed by atoms with van der Waals surface area (Å²) in [4.78, 5) is 13.4. The topological polar surface area (TPSA) is 41.6 Å². The van der Waals surface area contributed by atoms with E-state index in [-0.39, 0.29) is 6.09 Å². The highest BCUT2D eigenvalue weighted by Crippen LogP contribution is 2.05. The van der Waals surface area contributed by atoms with E-state index < -0.39 is 0 Å². The lowest BCUT2D eigenvalue weighted by atomic mass is 10.2. The minimum Gasteiger partial charge on any atom is -0.450 e. The van der Waals surface area contributed by atoms with Crippen molar-refractivity contribution in [3.63, 3.8) is 0 Å². The molecule has 0 fully saturated rings. The molecule has 0 saturated carbocycles. The normalized spacial score (nSPS) is 11.2. The Morgan fingerprint density at radius 2 is 1.81 bits per heavy atom. The summed E-state index contributed by atoms with van der Waals surface area (Å²) in [6, 6.07) is 1.09. The second-order valence-electron chi connectivity index (χ2n) is 4.43. The van der Waals surface area contributed by atoms with Crippen LogP contribution in [0, 0.1) is 0 Å². The second kappa shape index (κ2) is 8.39. The van der Waals surface area contributed by atoms with E-state index in [4.69, 9.17) is 4.74 Å². The van der Waals surface area contributed by atoms with Gasteiger partial charge in [0, 0.05) is 25.2 Å².